The number of esters is 1. The maximum Gasteiger partial charge on any atom is 0.338 e. The zero-order chi connectivity index (χ0) is 20.1. The Bertz CT molecular complexity index is 1090. The number of rotatable bonds is 7. The minimum absolute atomic E-state index is 0.154. The van der Waals surface area contributed by atoms with Crippen molar-refractivity contribution in [1.82, 2.24) is 0 Å². The van der Waals surface area contributed by atoms with Gasteiger partial charge in [-0.1, -0.05) is 24.3 Å². The summed E-state index contributed by atoms with van der Waals surface area (Å²) in [6, 6.07) is 16.5. The first-order chi connectivity index (χ1) is 13.5. The SMILES string of the molecule is CCOC(=O)c1ccc(NS(=O)(=O)c2ccc(OCC)c3ccccc23)cc1. The fourth-order valence-corrected chi connectivity index (χ4v) is 4.13. The topological polar surface area (TPSA) is 81.7 Å². The maximum absolute atomic E-state index is 13.0. The van der Waals surface area contributed by atoms with Gasteiger partial charge in [0.25, 0.3) is 10.0 Å². The molecular formula is C21H21NO5S. The smallest absolute Gasteiger partial charge is 0.338 e. The van der Waals surface area contributed by atoms with Gasteiger partial charge in [-0.25, -0.2) is 13.2 Å². The largest absolute Gasteiger partial charge is 0.493 e. The molecule has 3 aromatic rings. The van der Waals surface area contributed by atoms with Gasteiger partial charge in [0.2, 0.25) is 0 Å². The molecule has 0 bridgehead atoms. The van der Waals surface area contributed by atoms with Crippen molar-refractivity contribution in [1.29, 1.82) is 0 Å². The fraction of sp³-hybridized carbons (Fsp3) is 0.190. The summed E-state index contributed by atoms with van der Waals surface area (Å²) in [7, 11) is -3.84. The summed E-state index contributed by atoms with van der Waals surface area (Å²) >= 11 is 0. The van der Waals surface area contributed by atoms with Crippen LogP contribution in [-0.2, 0) is 14.8 Å². The lowest BCUT2D eigenvalue weighted by molar-refractivity contribution is 0.0526. The molecule has 0 aliphatic carbocycles. The van der Waals surface area contributed by atoms with E-state index in [0.29, 0.717) is 29.0 Å². The second kappa shape index (κ2) is 8.31. The van der Waals surface area contributed by atoms with Crippen LogP contribution in [0.15, 0.2) is 65.6 Å². The van der Waals surface area contributed by atoms with Crippen molar-refractivity contribution in [2.45, 2.75) is 18.7 Å². The summed E-state index contributed by atoms with van der Waals surface area (Å²) in [5, 5.41) is 1.30. The van der Waals surface area contributed by atoms with Crippen molar-refractivity contribution in [3.05, 3.63) is 66.2 Å². The van der Waals surface area contributed by atoms with Gasteiger partial charge in [0.05, 0.1) is 23.7 Å². The van der Waals surface area contributed by atoms with Gasteiger partial charge in [0.15, 0.2) is 0 Å². The Kier molecular flexibility index (Phi) is 5.84. The first-order valence-electron chi connectivity index (χ1n) is 8.90. The Hall–Kier alpha value is -3.06. The molecule has 28 heavy (non-hydrogen) atoms. The lowest BCUT2D eigenvalue weighted by Crippen LogP contribution is -2.14. The molecular weight excluding hydrogens is 378 g/mol. The van der Waals surface area contributed by atoms with Gasteiger partial charge in [-0.2, -0.15) is 0 Å². The lowest BCUT2D eigenvalue weighted by atomic mass is 10.1. The van der Waals surface area contributed by atoms with Crippen molar-refractivity contribution in [3.63, 3.8) is 0 Å². The zero-order valence-corrected chi connectivity index (χ0v) is 16.5. The predicted octanol–water partition coefficient (Wildman–Crippen LogP) is 4.22. The molecule has 0 atom stereocenters. The van der Waals surface area contributed by atoms with Crippen molar-refractivity contribution in [2.24, 2.45) is 0 Å². The quantitative estimate of drug-likeness (QED) is 0.602. The van der Waals surface area contributed by atoms with Crippen LogP contribution in [0.25, 0.3) is 10.8 Å². The van der Waals surface area contributed by atoms with Crippen LogP contribution in [0, 0.1) is 0 Å². The first kappa shape index (κ1) is 19.7. The maximum atomic E-state index is 13.0. The third-order valence-electron chi connectivity index (χ3n) is 4.08. The molecule has 1 N–H and O–H groups in total. The highest BCUT2D eigenvalue weighted by Gasteiger charge is 2.19. The number of nitrogens with one attached hydrogen (secondary N) is 1. The highest BCUT2D eigenvalue weighted by molar-refractivity contribution is 7.93. The Labute approximate surface area is 164 Å². The van der Waals surface area contributed by atoms with Gasteiger partial charge < -0.3 is 9.47 Å². The number of fused-ring (bicyclic) bond motifs is 1. The number of hydrogen-bond acceptors (Lipinski definition) is 5. The monoisotopic (exact) mass is 399 g/mol. The molecule has 0 aliphatic rings. The van der Waals surface area contributed by atoms with Gasteiger partial charge in [0, 0.05) is 16.5 Å². The Morgan fingerprint density at radius 1 is 0.893 bits per heavy atom. The molecule has 0 aromatic heterocycles. The molecule has 0 aliphatic heterocycles. The predicted molar refractivity (Wildman–Crippen MR) is 108 cm³/mol. The van der Waals surface area contributed by atoms with Crippen LogP contribution in [0.4, 0.5) is 5.69 Å². The van der Waals surface area contributed by atoms with E-state index in [1.807, 2.05) is 19.1 Å². The number of sulfonamides is 1. The number of ether oxygens (including phenoxy) is 2. The molecule has 0 saturated carbocycles. The molecule has 0 spiro atoms. The molecule has 0 radical (unpaired) electrons. The minimum Gasteiger partial charge on any atom is -0.493 e. The minimum atomic E-state index is -3.84. The first-order valence-corrected chi connectivity index (χ1v) is 10.4. The van der Waals surface area contributed by atoms with Crippen LogP contribution < -0.4 is 9.46 Å². The summed E-state index contributed by atoms with van der Waals surface area (Å²) in [6.07, 6.45) is 0. The average Bonchev–Trinajstić information content (AvgIpc) is 2.68. The molecule has 0 amide bonds. The Balaban J connectivity index is 1.93. The number of anilines is 1. The van der Waals surface area contributed by atoms with E-state index >= 15 is 0 Å². The van der Waals surface area contributed by atoms with E-state index in [4.69, 9.17) is 9.47 Å². The van der Waals surface area contributed by atoms with Crippen LogP contribution in [-0.4, -0.2) is 27.6 Å². The highest BCUT2D eigenvalue weighted by Crippen LogP contribution is 2.32. The highest BCUT2D eigenvalue weighted by atomic mass is 32.2. The molecule has 0 fully saturated rings. The van der Waals surface area contributed by atoms with E-state index in [1.165, 1.54) is 30.3 Å². The van der Waals surface area contributed by atoms with Crippen molar-refractivity contribution < 1.29 is 22.7 Å². The molecule has 0 unspecified atom stereocenters. The third kappa shape index (κ3) is 4.09. The van der Waals surface area contributed by atoms with Gasteiger partial charge in [-0.05, 0) is 50.2 Å². The number of benzene rings is 3. The molecule has 0 saturated heterocycles. The molecule has 3 rings (SSSR count). The lowest BCUT2D eigenvalue weighted by Gasteiger charge is -2.13. The van der Waals surface area contributed by atoms with Crippen LogP contribution in [0.2, 0.25) is 0 Å². The number of carbonyl (C=O) groups excluding carboxylic acids is 1. The second-order valence-electron chi connectivity index (χ2n) is 5.94. The third-order valence-corrected chi connectivity index (χ3v) is 5.52. The molecule has 3 aromatic carbocycles. The van der Waals surface area contributed by atoms with Crippen LogP contribution in [0.1, 0.15) is 24.2 Å². The van der Waals surface area contributed by atoms with Gasteiger partial charge in [0.1, 0.15) is 5.75 Å². The van der Waals surface area contributed by atoms with Crippen molar-refractivity contribution in [2.75, 3.05) is 17.9 Å². The number of hydrogen-bond donors (Lipinski definition) is 1. The molecule has 146 valence electrons. The Morgan fingerprint density at radius 2 is 1.57 bits per heavy atom. The van der Waals surface area contributed by atoms with E-state index in [2.05, 4.69) is 4.72 Å². The standard InChI is InChI=1S/C21H21NO5S/c1-3-26-19-13-14-20(18-8-6-5-7-17(18)19)28(24,25)22-16-11-9-15(10-12-16)21(23)27-4-2/h5-14,22H,3-4H2,1-2H3. The molecule has 6 nitrogen and oxygen atoms in total. The molecule has 7 heteroatoms. The van der Waals surface area contributed by atoms with Crippen molar-refractivity contribution in [3.8, 4) is 5.75 Å². The summed E-state index contributed by atoms with van der Waals surface area (Å²) in [6.45, 7) is 4.36. The summed E-state index contributed by atoms with van der Waals surface area (Å²) in [4.78, 5) is 11.9. The zero-order valence-electron chi connectivity index (χ0n) is 15.6. The van der Waals surface area contributed by atoms with E-state index in [0.717, 1.165) is 5.39 Å². The van der Waals surface area contributed by atoms with E-state index in [1.54, 1.807) is 25.1 Å². The fourth-order valence-electron chi connectivity index (χ4n) is 2.86. The van der Waals surface area contributed by atoms with Gasteiger partial charge >= 0.3 is 5.97 Å². The van der Waals surface area contributed by atoms with Crippen LogP contribution in [0.3, 0.4) is 0 Å². The summed E-state index contributed by atoms with van der Waals surface area (Å²) < 4.78 is 39.0. The molecule has 0 heterocycles. The second-order valence-corrected chi connectivity index (χ2v) is 7.59. The van der Waals surface area contributed by atoms with Crippen LogP contribution >= 0.6 is 0 Å². The average molecular weight is 399 g/mol. The van der Waals surface area contributed by atoms with Crippen molar-refractivity contribution >= 4 is 32.5 Å². The number of carbonyl (C=O) groups is 1. The normalized spacial score (nSPS) is 11.2. The van der Waals surface area contributed by atoms with Gasteiger partial charge in [-0.3, -0.25) is 4.72 Å². The Morgan fingerprint density at radius 3 is 2.21 bits per heavy atom. The summed E-state index contributed by atoms with van der Waals surface area (Å²) in [5.41, 5.74) is 0.710. The van der Waals surface area contributed by atoms with E-state index < -0.39 is 16.0 Å². The van der Waals surface area contributed by atoms with E-state index in [-0.39, 0.29) is 11.5 Å². The van der Waals surface area contributed by atoms with Crippen LogP contribution in [0.5, 0.6) is 5.75 Å². The van der Waals surface area contributed by atoms with Gasteiger partial charge in [-0.15, -0.1) is 0 Å². The van der Waals surface area contributed by atoms with E-state index in [9.17, 15) is 13.2 Å². The summed E-state index contributed by atoms with van der Waals surface area (Å²) in [5.74, 6) is 0.185.